The van der Waals surface area contributed by atoms with Gasteiger partial charge in [0.1, 0.15) is 11.9 Å². The molecule has 0 spiro atoms. The van der Waals surface area contributed by atoms with Crippen molar-refractivity contribution in [1.29, 1.82) is 0 Å². The number of halogens is 4. The molecule has 4 aromatic heterocycles. The molecule has 1 fully saturated rings. The van der Waals surface area contributed by atoms with Gasteiger partial charge in [-0.05, 0) is 55.2 Å². The third-order valence-electron chi connectivity index (χ3n) is 7.07. The van der Waals surface area contributed by atoms with Crippen molar-refractivity contribution in [3.63, 3.8) is 0 Å². The zero-order valence-electron chi connectivity index (χ0n) is 24.8. The van der Waals surface area contributed by atoms with Crippen molar-refractivity contribution in [2.24, 2.45) is 0 Å². The second-order valence-corrected chi connectivity index (χ2v) is 11.1. The molecular weight excluding hydrogens is 610 g/mol. The predicted octanol–water partition coefficient (Wildman–Crippen LogP) is 4.28. The fraction of sp³-hybridized carbons (Fsp3) is 0.400. The van der Waals surface area contributed by atoms with E-state index in [0.717, 1.165) is 19.0 Å². The number of hydrogen-bond acceptors (Lipinski definition) is 9. The van der Waals surface area contributed by atoms with Crippen LogP contribution in [0.5, 0.6) is 5.75 Å². The first-order valence-electron chi connectivity index (χ1n) is 14.5. The number of alkyl halides is 4. The lowest BCUT2D eigenvalue weighted by Gasteiger charge is -2.34. The van der Waals surface area contributed by atoms with Gasteiger partial charge in [-0.2, -0.15) is 5.10 Å². The topological polar surface area (TPSA) is 150 Å². The number of carbonyl (C=O) groups excluding carboxylic acids is 2. The highest BCUT2D eigenvalue weighted by atomic mass is 19.3. The minimum atomic E-state index is -3.01. The summed E-state index contributed by atoms with van der Waals surface area (Å²) in [4.78, 5) is 32.9. The van der Waals surface area contributed by atoms with E-state index in [0.29, 0.717) is 36.4 Å². The van der Waals surface area contributed by atoms with Gasteiger partial charge in [-0.25, -0.2) is 17.6 Å². The maximum atomic E-state index is 13.5. The second kappa shape index (κ2) is 14.0. The Labute approximate surface area is 261 Å². The molecule has 2 amide bonds. The van der Waals surface area contributed by atoms with Crippen LogP contribution in [0.4, 0.5) is 23.4 Å². The average Bonchev–Trinajstić information content (AvgIpc) is 3.47. The first kappa shape index (κ1) is 32.4. The van der Waals surface area contributed by atoms with E-state index < -0.39 is 23.9 Å². The van der Waals surface area contributed by atoms with Gasteiger partial charge in [0.2, 0.25) is 5.91 Å². The molecule has 0 aliphatic heterocycles. The summed E-state index contributed by atoms with van der Waals surface area (Å²) in [6.07, 6.45) is 6.55. The van der Waals surface area contributed by atoms with Crippen LogP contribution in [0.3, 0.4) is 0 Å². The Hall–Kier alpha value is -5.02. The molecule has 1 saturated carbocycles. The van der Waals surface area contributed by atoms with Crippen LogP contribution < -0.4 is 15.4 Å². The highest BCUT2D eigenvalue weighted by Crippen LogP contribution is 2.39. The Morgan fingerprint density at radius 1 is 1.07 bits per heavy atom. The molecule has 4 aromatic rings. The summed E-state index contributed by atoms with van der Waals surface area (Å²) >= 11 is 0. The third kappa shape index (κ3) is 9.25. The summed E-state index contributed by atoms with van der Waals surface area (Å²) in [6, 6.07) is 7.49. The summed E-state index contributed by atoms with van der Waals surface area (Å²) in [5, 5.41) is 21.3. The van der Waals surface area contributed by atoms with E-state index in [2.05, 4.69) is 41.1 Å². The fourth-order valence-corrected chi connectivity index (χ4v) is 4.64. The molecule has 46 heavy (non-hydrogen) atoms. The van der Waals surface area contributed by atoms with E-state index in [1.165, 1.54) is 36.9 Å². The van der Waals surface area contributed by atoms with Crippen LogP contribution in [0.25, 0.3) is 0 Å². The Kier molecular flexibility index (Phi) is 9.82. The first-order valence-corrected chi connectivity index (χ1v) is 14.5. The van der Waals surface area contributed by atoms with E-state index in [1.807, 2.05) is 0 Å². The van der Waals surface area contributed by atoms with Crippen molar-refractivity contribution in [2.45, 2.75) is 76.5 Å². The number of pyridine rings is 2. The summed E-state index contributed by atoms with van der Waals surface area (Å²) in [7, 11) is 0. The molecule has 0 aromatic carbocycles. The lowest BCUT2D eigenvalue weighted by Crippen LogP contribution is -2.43. The van der Waals surface area contributed by atoms with Gasteiger partial charge in [0.05, 0.1) is 36.7 Å². The minimum absolute atomic E-state index is 0.00829. The van der Waals surface area contributed by atoms with Gasteiger partial charge in [0, 0.05) is 44.3 Å². The van der Waals surface area contributed by atoms with Gasteiger partial charge >= 0.3 is 0 Å². The molecule has 0 saturated heterocycles. The lowest BCUT2D eigenvalue weighted by molar-refractivity contribution is -0.134. The largest absolute Gasteiger partial charge is 0.488 e. The van der Waals surface area contributed by atoms with Crippen LogP contribution in [0, 0.1) is 0 Å². The number of anilines is 1. The Morgan fingerprint density at radius 2 is 1.89 bits per heavy atom. The van der Waals surface area contributed by atoms with E-state index >= 15 is 0 Å². The number of hydrogen-bond donors (Lipinski definition) is 2. The van der Waals surface area contributed by atoms with Crippen molar-refractivity contribution >= 4 is 17.6 Å². The third-order valence-corrected chi connectivity index (χ3v) is 7.07. The molecule has 12 nitrogen and oxygen atoms in total. The summed E-state index contributed by atoms with van der Waals surface area (Å²) in [5.74, 6) is -5.91. The van der Waals surface area contributed by atoms with Gasteiger partial charge in [0.25, 0.3) is 17.8 Å². The molecule has 0 unspecified atom stereocenters. The van der Waals surface area contributed by atoms with E-state index in [-0.39, 0.29) is 48.8 Å². The van der Waals surface area contributed by atoms with Crippen LogP contribution >= 0.6 is 0 Å². The summed E-state index contributed by atoms with van der Waals surface area (Å²) < 4.78 is 60.2. The van der Waals surface area contributed by atoms with Gasteiger partial charge in [-0.1, -0.05) is 5.21 Å². The molecule has 5 rings (SSSR count). The second-order valence-electron chi connectivity index (χ2n) is 11.1. The first-order chi connectivity index (χ1) is 21.9. The molecule has 1 aliphatic rings. The van der Waals surface area contributed by atoms with Gasteiger partial charge in [-0.15, -0.1) is 10.2 Å². The quantitative estimate of drug-likeness (QED) is 0.152. The van der Waals surface area contributed by atoms with Crippen LogP contribution in [-0.4, -0.2) is 59.0 Å². The van der Waals surface area contributed by atoms with Crippen molar-refractivity contribution in [2.75, 3.05) is 5.32 Å². The number of aryl methyl sites for hydroxylation is 2. The number of nitrogens with one attached hydrogen (secondary N) is 2. The smallest absolute Gasteiger partial charge is 0.273 e. The van der Waals surface area contributed by atoms with E-state index in [1.54, 1.807) is 22.9 Å². The summed E-state index contributed by atoms with van der Waals surface area (Å²) in [6.45, 7) is 1.27. The molecule has 0 radical (unpaired) electrons. The Morgan fingerprint density at radius 3 is 2.63 bits per heavy atom. The number of amides is 2. The Balaban J connectivity index is 0.998. The van der Waals surface area contributed by atoms with Crippen molar-refractivity contribution in [1.82, 2.24) is 40.5 Å². The van der Waals surface area contributed by atoms with Crippen LogP contribution in [0.15, 0.2) is 55.1 Å². The van der Waals surface area contributed by atoms with Crippen molar-refractivity contribution in [3.8, 4) is 5.75 Å². The van der Waals surface area contributed by atoms with Gasteiger partial charge in [0.15, 0.2) is 11.5 Å². The number of ether oxygens (including phenoxy) is 1. The molecule has 2 N–H and O–H groups in total. The number of rotatable bonds is 14. The monoisotopic (exact) mass is 641 g/mol. The van der Waals surface area contributed by atoms with Crippen LogP contribution in [0.1, 0.15) is 65.6 Å². The highest BCUT2D eigenvalue weighted by Gasteiger charge is 2.47. The standard InChI is InChI=1S/C30H31F4N9O3/c1-29(31,32)20-7-8-36-22(12-20)16-37-28(45)25-18-43(42-40-25)9-3-2-4-21-5-6-26(41-39-21)38-27(44)11-19-10-23(17-35-15-19)46-24-13-30(33,34)14-24/h5-8,10,12,15,17-18,24H,2-4,9,11,13-14,16H2,1H3,(H,37,45)(H,38,41,44). The Bertz CT molecular complexity index is 1650. The molecule has 4 heterocycles. The summed E-state index contributed by atoms with van der Waals surface area (Å²) in [5.41, 5.74) is 1.50. The zero-order chi connectivity index (χ0) is 32.7. The van der Waals surface area contributed by atoms with Crippen molar-refractivity contribution in [3.05, 3.63) is 83.3 Å². The maximum absolute atomic E-state index is 13.5. The highest BCUT2D eigenvalue weighted by molar-refractivity contribution is 5.92. The predicted molar refractivity (Wildman–Crippen MR) is 155 cm³/mol. The molecule has 0 bridgehead atoms. The normalized spacial score (nSPS) is 14.4. The molecular formula is C30H31F4N9O3. The minimum Gasteiger partial charge on any atom is -0.488 e. The zero-order valence-corrected chi connectivity index (χ0v) is 24.8. The number of unbranched alkanes of at least 4 members (excludes halogenated alkanes) is 1. The molecule has 16 heteroatoms. The fourth-order valence-electron chi connectivity index (χ4n) is 4.64. The molecule has 242 valence electrons. The van der Waals surface area contributed by atoms with Gasteiger partial charge < -0.3 is 15.4 Å². The molecule has 1 aliphatic carbocycles. The number of aromatic nitrogens is 7. The van der Waals surface area contributed by atoms with Crippen molar-refractivity contribution < 1.29 is 31.9 Å². The number of nitrogens with zero attached hydrogens (tertiary/aromatic N) is 7. The average molecular weight is 642 g/mol. The molecule has 0 atom stereocenters. The van der Waals surface area contributed by atoms with Crippen LogP contribution in [0.2, 0.25) is 0 Å². The van der Waals surface area contributed by atoms with Crippen LogP contribution in [-0.2, 0) is 36.6 Å². The SMILES string of the molecule is CC(F)(F)c1ccnc(CNC(=O)c2cn(CCCCc3ccc(NC(=O)Cc4cncc(OC5CC(F)(F)C5)c4)nn3)nn2)c1. The van der Waals surface area contributed by atoms with E-state index in [9.17, 15) is 27.2 Å². The van der Waals surface area contributed by atoms with E-state index in [4.69, 9.17) is 4.74 Å². The lowest BCUT2D eigenvalue weighted by atomic mass is 9.91. The number of carbonyl (C=O) groups is 2. The maximum Gasteiger partial charge on any atom is 0.273 e. The van der Waals surface area contributed by atoms with Gasteiger partial charge in [-0.3, -0.25) is 24.2 Å².